The molecule has 68 valence electrons. The van der Waals surface area contributed by atoms with Crippen molar-refractivity contribution in [3.8, 4) is 0 Å². The summed E-state index contributed by atoms with van der Waals surface area (Å²) >= 11 is 0. The van der Waals surface area contributed by atoms with E-state index in [1.165, 1.54) is 0 Å². The Labute approximate surface area is 73.3 Å². The highest BCUT2D eigenvalue weighted by Gasteiger charge is 2.15. The third-order valence-electron chi connectivity index (χ3n) is 2.21. The van der Waals surface area contributed by atoms with E-state index in [0.29, 0.717) is 6.54 Å². The molecule has 0 fully saturated rings. The lowest BCUT2D eigenvalue weighted by atomic mass is 10.1. The van der Waals surface area contributed by atoms with Crippen LogP contribution in [0.4, 0.5) is 0 Å². The van der Waals surface area contributed by atoms with Gasteiger partial charge in [0.15, 0.2) is 0 Å². The smallest absolute Gasteiger partial charge is 0.223 e. The Morgan fingerprint density at radius 1 is 1.75 bits per heavy atom. The Bertz CT molecular complexity index is 189. The van der Waals surface area contributed by atoms with E-state index in [1.807, 2.05) is 13.1 Å². The molecule has 3 nitrogen and oxygen atoms in total. The van der Waals surface area contributed by atoms with Crippen molar-refractivity contribution < 1.29 is 4.79 Å². The molecular weight excluding hydrogens is 152 g/mol. The minimum Gasteiger partial charge on any atom is -0.354 e. The van der Waals surface area contributed by atoms with Crippen LogP contribution in [0, 0.1) is 5.92 Å². The molecule has 1 N–H and O–H groups in total. The second kappa shape index (κ2) is 4.24. The Balaban J connectivity index is 2.55. The quantitative estimate of drug-likeness (QED) is 0.623. The first-order valence-electron chi connectivity index (χ1n) is 4.53. The molecule has 0 radical (unpaired) electrons. The molecule has 2 unspecified atom stereocenters. The molecule has 1 heterocycles. The lowest BCUT2D eigenvalue weighted by molar-refractivity contribution is -0.124. The Morgan fingerprint density at radius 3 is 3.17 bits per heavy atom. The van der Waals surface area contributed by atoms with Crippen LogP contribution in [0.1, 0.15) is 26.7 Å². The summed E-state index contributed by atoms with van der Waals surface area (Å²) in [5.74, 6) is 0.228. The maximum absolute atomic E-state index is 11.3. The molecule has 0 aliphatic carbocycles. The summed E-state index contributed by atoms with van der Waals surface area (Å²) in [4.78, 5) is 15.6. The number of hydrogen-bond acceptors (Lipinski definition) is 2. The highest BCUT2D eigenvalue weighted by molar-refractivity contribution is 5.81. The van der Waals surface area contributed by atoms with Crippen LogP contribution in [0.2, 0.25) is 0 Å². The van der Waals surface area contributed by atoms with E-state index < -0.39 is 0 Å². The fraction of sp³-hybridized carbons (Fsp3) is 0.778. The van der Waals surface area contributed by atoms with Crippen molar-refractivity contribution in [2.75, 3.05) is 6.54 Å². The van der Waals surface area contributed by atoms with Crippen molar-refractivity contribution in [1.82, 2.24) is 5.32 Å². The summed E-state index contributed by atoms with van der Waals surface area (Å²) < 4.78 is 0. The minimum atomic E-state index is 0.0755. The number of rotatable bonds is 1. The van der Waals surface area contributed by atoms with Crippen LogP contribution in [-0.4, -0.2) is 24.7 Å². The summed E-state index contributed by atoms with van der Waals surface area (Å²) in [5, 5.41) is 2.88. The zero-order valence-corrected chi connectivity index (χ0v) is 7.71. The van der Waals surface area contributed by atoms with E-state index in [0.717, 1.165) is 12.8 Å². The van der Waals surface area contributed by atoms with Crippen LogP contribution in [0.15, 0.2) is 4.99 Å². The zero-order chi connectivity index (χ0) is 8.97. The molecular formula is C9H16N2O. The normalized spacial score (nSPS) is 30.7. The first-order chi connectivity index (χ1) is 5.74. The molecule has 3 heteroatoms. The average molecular weight is 168 g/mol. The summed E-state index contributed by atoms with van der Waals surface area (Å²) in [6.07, 6.45) is 3.64. The Kier molecular flexibility index (Phi) is 3.26. The second-order valence-electron chi connectivity index (χ2n) is 3.28. The summed E-state index contributed by atoms with van der Waals surface area (Å²) in [7, 11) is 0. The van der Waals surface area contributed by atoms with Gasteiger partial charge >= 0.3 is 0 Å². The first-order valence-corrected chi connectivity index (χ1v) is 4.53. The lowest BCUT2D eigenvalue weighted by Crippen LogP contribution is -2.36. The summed E-state index contributed by atoms with van der Waals surface area (Å²) in [6.45, 7) is 4.70. The van der Waals surface area contributed by atoms with Crippen molar-refractivity contribution in [1.29, 1.82) is 0 Å². The molecule has 1 aliphatic heterocycles. The first kappa shape index (κ1) is 9.23. The van der Waals surface area contributed by atoms with Gasteiger partial charge in [-0.2, -0.15) is 0 Å². The average Bonchev–Trinajstić information content (AvgIpc) is 2.07. The number of aliphatic imine (C=N–C) groups is 1. The number of nitrogens with zero attached hydrogens (tertiary/aromatic N) is 1. The van der Waals surface area contributed by atoms with E-state index in [1.54, 1.807) is 0 Å². The van der Waals surface area contributed by atoms with Crippen LogP contribution >= 0.6 is 0 Å². The van der Waals surface area contributed by atoms with Crippen LogP contribution in [-0.2, 0) is 4.79 Å². The minimum absolute atomic E-state index is 0.0755. The van der Waals surface area contributed by atoms with Crippen LogP contribution in [0.5, 0.6) is 0 Å². The number of hydrogen-bond donors (Lipinski definition) is 1. The van der Waals surface area contributed by atoms with E-state index in [2.05, 4.69) is 17.2 Å². The van der Waals surface area contributed by atoms with Gasteiger partial charge < -0.3 is 5.32 Å². The highest BCUT2D eigenvalue weighted by atomic mass is 16.1. The molecule has 1 amide bonds. The predicted octanol–water partition coefficient (Wildman–Crippen LogP) is 0.992. The SMILES string of the molecule is CCC1CNC(=O)C(C)CC=N1. The topological polar surface area (TPSA) is 41.5 Å². The highest BCUT2D eigenvalue weighted by Crippen LogP contribution is 2.05. The molecule has 0 saturated carbocycles. The van der Waals surface area contributed by atoms with Gasteiger partial charge in [0.05, 0.1) is 6.04 Å². The predicted molar refractivity (Wildman–Crippen MR) is 49.4 cm³/mol. The third-order valence-corrected chi connectivity index (χ3v) is 2.21. The summed E-state index contributed by atoms with van der Waals surface area (Å²) in [5.41, 5.74) is 0. The van der Waals surface area contributed by atoms with Gasteiger partial charge in [-0.1, -0.05) is 13.8 Å². The maximum Gasteiger partial charge on any atom is 0.223 e. The van der Waals surface area contributed by atoms with Crippen molar-refractivity contribution in [3.05, 3.63) is 0 Å². The molecule has 0 aromatic carbocycles. The lowest BCUT2D eigenvalue weighted by Gasteiger charge is -2.17. The molecule has 1 aliphatic rings. The fourth-order valence-electron chi connectivity index (χ4n) is 1.17. The van der Waals surface area contributed by atoms with Gasteiger partial charge in [0.1, 0.15) is 0 Å². The number of amides is 1. The van der Waals surface area contributed by atoms with E-state index in [-0.39, 0.29) is 17.9 Å². The number of nitrogens with one attached hydrogen (secondary N) is 1. The maximum atomic E-state index is 11.3. The van der Waals surface area contributed by atoms with Crippen molar-refractivity contribution in [2.24, 2.45) is 10.9 Å². The summed E-state index contributed by atoms with van der Waals surface area (Å²) in [6, 6.07) is 0.279. The van der Waals surface area contributed by atoms with Gasteiger partial charge in [-0.25, -0.2) is 0 Å². The van der Waals surface area contributed by atoms with E-state index >= 15 is 0 Å². The van der Waals surface area contributed by atoms with Crippen molar-refractivity contribution in [3.63, 3.8) is 0 Å². The van der Waals surface area contributed by atoms with Gasteiger partial charge in [-0.05, 0) is 19.1 Å². The van der Waals surface area contributed by atoms with Gasteiger partial charge in [0, 0.05) is 12.5 Å². The van der Waals surface area contributed by atoms with Gasteiger partial charge in [-0.15, -0.1) is 0 Å². The van der Waals surface area contributed by atoms with Gasteiger partial charge in [0.25, 0.3) is 0 Å². The molecule has 0 aromatic rings. The van der Waals surface area contributed by atoms with Crippen LogP contribution < -0.4 is 5.32 Å². The molecule has 0 aromatic heterocycles. The van der Waals surface area contributed by atoms with Crippen molar-refractivity contribution in [2.45, 2.75) is 32.7 Å². The van der Waals surface area contributed by atoms with Crippen LogP contribution in [0.3, 0.4) is 0 Å². The molecule has 0 bridgehead atoms. The monoisotopic (exact) mass is 168 g/mol. The standard InChI is InChI=1S/C9H16N2O/c1-3-8-6-11-9(12)7(2)4-5-10-8/h5,7-8H,3-4,6H2,1-2H3,(H,11,12). The third kappa shape index (κ3) is 2.32. The number of carbonyl (C=O) groups excluding carboxylic acids is 1. The van der Waals surface area contributed by atoms with Crippen LogP contribution in [0.25, 0.3) is 0 Å². The Hall–Kier alpha value is -0.860. The van der Waals surface area contributed by atoms with Crippen molar-refractivity contribution >= 4 is 12.1 Å². The molecule has 1 rings (SSSR count). The van der Waals surface area contributed by atoms with Gasteiger partial charge in [-0.3, -0.25) is 9.79 Å². The second-order valence-corrected chi connectivity index (χ2v) is 3.28. The van der Waals surface area contributed by atoms with E-state index in [9.17, 15) is 4.79 Å². The largest absolute Gasteiger partial charge is 0.354 e. The molecule has 0 saturated heterocycles. The zero-order valence-electron chi connectivity index (χ0n) is 7.71. The fourth-order valence-corrected chi connectivity index (χ4v) is 1.17. The Morgan fingerprint density at radius 2 is 2.50 bits per heavy atom. The molecule has 2 atom stereocenters. The molecule has 12 heavy (non-hydrogen) atoms. The number of carbonyl (C=O) groups is 1. The molecule has 0 spiro atoms. The van der Waals surface area contributed by atoms with E-state index in [4.69, 9.17) is 0 Å². The van der Waals surface area contributed by atoms with Gasteiger partial charge in [0.2, 0.25) is 5.91 Å².